The highest BCUT2D eigenvalue weighted by atomic mass is 15.3. The van der Waals surface area contributed by atoms with Gasteiger partial charge in [-0.1, -0.05) is 36.9 Å². The number of nitrogens with zero attached hydrogens (tertiary/aromatic N) is 1. The van der Waals surface area contributed by atoms with Crippen molar-refractivity contribution in [1.29, 1.82) is 0 Å². The van der Waals surface area contributed by atoms with Gasteiger partial charge in [-0.2, -0.15) is 0 Å². The molecule has 0 atom stereocenters. The van der Waals surface area contributed by atoms with Crippen molar-refractivity contribution < 1.29 is 4.48 Å². The molecule has 1 rings (SSSR count). The molecule has 0 bridgehead atoms. The van der Waals surface area contributed by atoms with E-state index in [2.05, 4.69) is 44.9 Å². The minimum Gasteiger partial charge on any atom is -0.330 e. The van der Waals surface area contributed by atoms with Crippen LogP contribution < -0.4 is 5.73 Å². The molecule has 0 aliphatic heterocycles. The van der Waals surface area contributed by atoms with Crippen molar-refractivity contribution in [3.63, 3.8) is 0 Å². The molecule has 0 saturated carbocycles. The lowest BCUT2D eigenvalue weighted by atomic mass is 10.1. The molecule has 2 heteroatoms. The standard InChI is InChI=1S/C14H23N2/c1-4-13-6-8-14(9-7-13)12-16(2,3)11-5-10-15/h4,6-9H,1,5,10-12,15H2,2-3H3/q+1. The van der Waals surface area contributed by atoms with E-state index >= 15 is 0 Å². The zero-order valence-electron chi connectivity index (χ0n) is 10.4. The van der Waals surface area contributed by atoms with Crippen LogP contribution in [0.5, 0.6) is 0 Å². The zero-order valence-corrected chi connectivity index (χ0v) is 10.4. The normalized spacial score (nSPS) is 11.4. The minimum atomic E-state index is 0.775. The van der Waals surface area contributed by atoms with E-state index in [0.717, 1.165) is 30.5 Å². The van der Waals surface area contributed by atoms with E-state index in [1.54, 1.807) is 0 Å². The Labute approximate surface area is 99.0 Å². The van der Waals surface area contributed by atoms with Crippen LogP contribution in [0.3, 0.4) is 0 Å². The molecule has 2 nitrogen and oxygen atoms in total. The molecule has 0 fully saturated rings. The topological polar surface area (TPSA) is 26.0 Å². The average molecular weight is 219 g/mol. The first-order chi connectivity index (χ1) is 7.57. The maximum Gasteiger partial charge on any atom is 0.104 e. The summed E-state index contributed by atoms with van der Waals surface area (Å²) in [5, 5.41) is 0. The van der Waals surface area contributed by atoms with Crippen LogP contribution in [0.25, 0.3) is 6.08 Å². The molecule has 0 unspecified atom stereocenters. The molecule has 1 aromatic rings. The molecule has 0 aliphatic rings. The maximum absolute atomic E-state index is 5.55. The fraction of sp³-hybridized carbons (Fsp3) is 0.429. The van der Waals surface area contributed by atoms with Crippen molar-refractivity contribution in [3.05, 3.63) is 42.0 Å². The summed E-state index contributed by atoms with van der Waals surface area (Å²) in [4.78, 5) is 0. The first-order valence-electron chi connectivity index (χ1n) is 5.81. The molecule has 0 amide bonds. The van der Waals surface area contributed by atoms with Gasteiger partial charge in [-0.25, -0.2) is 0 Å². The van der Waals surface area contributed by atoms with Crippen LogP contribution in [0.2, 0.25) is 0 Å². The van der Waals surface area contributed by atoms with E-state index in [-0.39, 0.29) is 0 Å². The van der Waals surface area contributed by atoms with Crippen LogP contribution in [0.1, 0.15) is 17.5 Å². The van der Waals surface area contributed by atoms with Crippen molar-refractivity contribution in [2.45, 2.75) is 13.0 Å². The van der Waals surface area contributed by atoms with Crippen molar-refractivity contribution in [2.24, 2.45) is 5.73 Å². The smallest absolute Gasteiger partial charge is 0.104 e. The van der Waals surface area contributed by atoms with Gasteiger partial charge < -0.3 is 10.2 Å². The predicted molar refractivity (Wildman–Crippen MR) is 70.9 cm³/mol. The number of hydrogen-bond acceptors (Lipinski definition) is 1. The van der Waals surface area contributed by atoms with Crippen molar-refractivity contribution in [3.8, 4) is 0 Å². The Morgan fingerprint density at radius 3 is 2.38 bits per heavy atom. The van der Waals surface area contributed by atoms with E-state index in [9.17, 15) is 0 Å². The quantitative estimate of drug-likeness (QED) is 0.730. The van der Waals surface area contributed by atoms with Gasteiger partial charge in [0.05, 0.1) is 20.6 Å². The predicted octanol–water partition coefficient (Wildman–Crippen LogP) is 2.25. The van der Waals surface area contributed by atoms with Gasteiger partial charge >= 0.3 is 0 Å². The summed E-state index contributed by atoms with van der Waals surface area (Å²) in [6.07, 6.45) is 2.95. The summed E-state index contributed by atoms with van der Waals surface area (Å²) >= 11 is 0. The lowest BCUT2D eigenvalue weighted by molar-refractivity contribution is -0.903. The lowest BCUT2D eigenvalue weighted by Gasteiger charge is -2.29. The van der Waals surface area contributed by atoms with E-state index in [0.29, 0.717) is 0 Å². The Hall–Kier alpha value is -1.12. The van der Waals surface area contributed by atoms with Crippen LogP contribution in [0.15, 0.2) is 30.8 Å². The monoisotopic (exact) mass is 219 g/mol. The molecule has 0 aliphatic carbocycles. The highest BCUT2D eigenvalue weighted by Gasteiger charge is 2.14. The summed E-state index contributed by atoms with van der Waals surface area (Å²) in [5.41, 5.74) is 8.09. The van der Waals surface area contributed by atoms with E-state index in [4.69, 9.17) is 5.73 Å². The first kappa shape index (κ1) is 12.9. The third kappa shape index (κ3) is 4.17. The Kier molecular flexibility index (Phi) is 4.71. The molecule has 0 spiro atoms. The second-order valence-corrected chi connectivity index (χ2v) is 4.91. The number of quaternary nitrogens is 1. The van der Waals surface area contributed by atoms with Crippen LogP contribution in [-0.2, 0) is 6.54 Å². The molecular weight excluding hydrogens is 196 g/mol. The molecule has 2 N–H and O–H groups in total. The summed E-state index contributed by atoms with van der Waals surface area (Å²) < 4.78 is 0.991. The van der Waals surface area contributed by atoms with Gasteiger partial charge in [0.15, 0.2) is 0 Å². The van der Waals surface area contributed by atoms with Crippen LogP contribution >= 0.6 is 0 Å². The SMILES string of the molecule is C=Cc1ccc(C[N+](C)(C)CCCN)cc1. The number of rotatable bonds is 6. The number of hydrogen-bond donors (Lipinski definition) is 1. The summed E-state index contributed by atoms with van der Waals surface area (Å²) in [6, 6.07) is 8.59. The molecule has 16 heavy (non-hydrogen) atoms. The second kappa shape index (κ2) is 5.83. The first-order valence-corrected chi connectivity index (χ1v) is 5.81. The number of benzene rings is 1. The van der Waals surface area contributed by atoms with Gasteiger partial charge in [0.1, 0.15) is 6.54 Å². The van der Waals surface area contributed by atoms with Crippen molar-refractivity contribution in [1.82, 2.24) is 0 Å². The summed E-state index contributed by atoms with van der Waals surface area (Å²) in [5.74, 6) is 0. The summed E-state index contributed by atoms with van der Waals surface area (Å²) in [6.45, 7) is 6.71. The molecule has 1 aromatic carbocycles. The Balaban J connectivity index is 2.60. The van der Waals surface area contributed by atoms with Gasteiger partial charge in [-0.05, 0) is 12.1 Å². The second-order valence-electron chi connectivity index (χ2n) is 4.91. The third-order valence-corrected chi connectivity index (χ3v) is 2.79. The Morgan fingerprint density at radius 2 is 1.88 bits per heavy atom. The molecule has 0 aromatic heterocycles. The fourth-order valence-corrected chi connectivity index (χ4v) is 1.85. The Bertz CT molecular complexity index is 325. The average Bonchev–Trinajstić information content (AvgIpc) is 2.27. The van der Waals surface area contributed by atoms with E-state index in [1.165, 1.54) is 11.1 Å². The van der Waals surface area contributed by atoms with Gasteiger partial charge in [-0.3, -0.25) is 0 Å². The van der Waals surface area contributed by atoms with Gasteiger partial charge in [0.2, 0.25) is 0 Å². The maximum atomic E-state index is 5.55. The molecule has 88 valence electrons. The molecular formula is C14H23N2+. The van der Waals surface area contributed by atoms with E-state index in [1.807, 2.05) is 6.08 Å². The highest BCUT2D eigenvalue weighted by molar-refractivity contribution is 5.47. The Morgan fingerprint density at radius 1 is 1.25 bits per heavy atom. The minimum absolute atomic E-state index is 0.775. The molecule has 0 radical (unpaired) electrons. The van der Waals surface area contributed by atoms with Crippen molar-refractivity contribution in [2.75, 3.05) is 27.2 Å². The summed E-state index contributed by atoms with van der Waals surface area (Å²) in [7, 11) is 4.49. The highest BCUT2D eigenvalue weighted by Crippen LogP contribution is 2.11. The lowest BCUT2D eigenvalue weighted by Crippen LogP contribution is -2.40. The van der Waals surface area contributed by atoms with Gasteiger partial charge in [0, 0.05) is 12.0 Å². The van der Waals surface area contributed by atoms with Crippen LogP contribution in [0.4, 0.5) is 0 Å². The van der Waals surface area contributed by atoms with Crippen molar-refractivity contribution >= 4 is 6.08 Å². The van der Waals surface area contributed by atoms with E-state index < -0.39 is 0 Å². The van der Waals surface area contributed by atoms with Crippen LogP contribution in [0, 0.1) is 0 Å². The van der Waals surface area contributed by atoms with Crippen LogP contribution in [-0.4, -0.2) is 31.7 Å². The number of nitrogens with two attached hydrogens (primary N) is 1. The molecule has 0 heterocycles. The molecule has 0 saturated heterocycles. The van der Waals surface area contributed by atoms with Gasteiger partial charge in [-0.15, -0.1) is 0 Å². The zero-order chi connectivity index (χ0) is 12.0. The van der Waals surface area contributed by atoms with Gasteiger partial charge in [0.25, 0.3) is 0 Å². The third-order valence-electron chi connectivity index (χ3n) is 2.79. The fourth-order valence-electron chi connectivity index (χ4n) is 1.85. The largest absolute Gasteiger partial charge is 0.330 e.